The van der Waals surface area contributed by atoms with Gasteiger partial charge in [-0.1, -0.05) is 25.7 Å². The average molecular weight is 299 g/mol. The van der Waals surface area contributed by atoms with E-state index in [1.165, 1.54) is 38.5 Å². The molecule has 3 heteroatoms. The number of hydrogen-bond donors (Lipinski definition) is 2. The fourth-order valence-electron chi connectivity index (χ4n) is 3.61. The third kappa shape index (κ3) is 8.18. The molecule has 0 aliphatic heterocycles. The molecule has 1 rings (SSSR count). The lowest BCUT2D eigenvalue weighted by molar-refractivity contribution is 0.0261. The van der Waals surface area contributed by atoms with Crippen LogP contribution in [0.15, 0.2) is 0 Å². The predicted molar refractivity (Wildman–Crippen MR) is 91.7 cm³/mol. The zero-order valence-corrected chi connectivity index (χ0v) is 15.3. The van der Waals surface area contributed by atoms with Crippen molar-refractivity contribution in [1.29, 1.82) is 0 Å². The van der Waals surface area contributed by atoms with Gasteiger partial charge in [0.15, 0.2) is 0 Å². The predicted octanol–water partition coefficient (Wildman–Crippen LogP) is 3.42. The summed E-state index contributed by atoms with van der Waals surface area (Å²) in [6, 6.07) is 0. The maximum absolute atomic E-state index is 10.1. The first-order valence-corrected chi connectivity index (χ1v) is 8.67. The van der Waals surface area contributed by atoms with Crippen LogP contribution in [0.25, 0.3) is 0 Å². The van der Waals surface area contributed by atoms with Gasteiger partial charge in [0.25, 0.3) is 0 Å². The molecule has 0 unspecified atom stereocenters. The third-order valence-corrected chi connectivity index (χ3v) is 4.42. The van der Waals surface area contributed by atoms with Crippen molar-refractivity contribution in [2.45, 2.75) is 84.3 Å². The van der Waals surface area contributed by atoms with Crippen LogP contribution in [-0.2, 0) is 0 Å². The van der Waals surface area contributed by atoms with E-state index in [9.17, 15) is 5.11 Å². The lowest BCUT2D eigenvalue weighted by Gasteiger charge is -2.40. The van der Waals surface area contributed by atoms with Gasteiger partial charge >= 0.3 is 0 Å². The van der Waals surface area contributed by atoms with Crippen LogP contribution in [-0.4, -0.2) is 47.8 Å². The van der Waals surface area contributed by atoms with Crippen molar-refractivity contribution in [2.75, 3.05) is 26.7 Å². The van der Waals surface area contributed by atoms with Gasteiger partial charge in [-0.2, -0.15) is 0 Å². The Balaban J connectivity index is 2.71. The maximum Gasteiger partial charge on any atom is 0.0718 e. The van der Waals surface area contributed by atoms with E-state index >= 15 is 0 Å². The summed E-state index contributed by atoms with van der Waals surface area (Å²) in [6.45, 7) is 13.5. The number of rotatable bonds is 6. The third-order valence-electron chi connectivity index (χ3n) is 4.42. The lowest BCUT2D eigenvalue weighted by atomic mass is 9.79. The molecule has 1 saturated carbocycles. The van der Waals surface area contributed by atoms with Gasteiger partial charge < -0.3 is 15.3 Å². The molecule has 0 radical (unpaired) electrons. The van der Waals surface area contributed by atoms with E-state index in [4.69, 9.17) is 0 Å². The zero-order chi connectivity index (χ0) is 16.1. The largest absolute Gasteiger partial charge is 0.389 e. The lowest BCUT2D eigenvalue weighted by Crippen LogP contribution is -2.50. The normalized spacial score (nSPS) is 20.6. The van der Waals surface area contributed by atoms with Crippen LogP contribution >= 0.6 is 0 Å². The van der Waals surface area contributed by atoms with Gasteiger partial charge in [0, 0.05) is 25.2 Å². The van der Waals surface area contributed by atoms with Crippen molar-refractivity contribution in [3.8, 4) is 0 Å². The second-order valence-corrected chi connectivity index (χ2v) is 9.00. The maximum atomic E-state index is 10.1. The first kappa shape index (κ1) is 18.9. The molecule has 0 aromatic carbocycles. The number of hydrogen-bond acceptors (Lipinski definition) is 3. The molecule has 2 N–H and O–H groups in total. The van der Waals surface area contributed by atoms with Crippen LogP contribution in [0.5, 0.6) is 0 Å². The van der Waals surface area contributed by atoms with E-state index in [0.29, 0.717) is 5.41 Å². The highest BCUT2D eigenvalue weighted by Crippen LogP contribution is 2.36. The van der Waals surface area contributed by atoms with Crippen molar-refractivity contribution in [1.82, 2.24) is 10.2 Å². The van der Waals surface area contributed by atoms with Crippen LogP contribution in [0.4, 0.5) is 0 Å². The van der Waals surface area contributed by atoms with E-state index in [1.807, 2.05) is 13.8 Å². The van der Waals surface area contributed by atoms with E-state index in [-0.39, 0.29) is 5.54 Å². The number of nitrogens with zero attached hydrogens (tertiary/aromatic N) is 1. The molecule has 3 nitrogen and oxygen atoms in total. The molecule has 1 aliphatic carbocycles. The van der Waals surface area contributed by atoms with Gasteiger partial charge in [0.05, 0.1) is 5.60 Å². The number of aliphatic hydroxyl groups is 1. The van der Waals surface area contributed by atoms with E-state index in [1.54, 1.807) is 0 Å². The highest BCUT2D eigenvalue weighted by molar-refractivity contribution is 4.89. The number of nitrogens with one attached hydrogen (secondary N) is 1. The topological polar surface area (TPSA) is 35.5 Å². The number of likely N-dealkylation sites (N-methyl/N-ethyl adjacent to an activating group) is 1. The molecule has 0 aromatic heterocycles. The second-order valence-electron chi connectivity index (χ2n) is 9.00. The van der Waals surface area contributed by atoms with E-state index < -0.39 is 5.60 Å². The average Bonchev–Trinajstić information content (AvgIpc) is 2.49. The quantitative estimate of drug-likeness (QED) is 0.738. The summed E-state index contributed by atoms with van der Waals surface area (Å²) in [4.78, 5) is 2.33. The summed E-state index contributed by atoms with van der Waals surface area (Å²) < 4.78 is 0. The Morgan fingerprint density at radius 1 is 1.00 bits per heavy atom. The fourth-order valence-corrected chi connectivity index (χ4v) is 3.61. The van der Waals surface area contributed by atoms with Gasteiger partial charge in [0.2, 0.25) is 0 Å². The van der Waals surface area contributed by atoms with Crippen molar-refractivity contribution in [3.05, 3.63) is 0 Å². The van der Waals surface area contributed by atoms with Crippen LogP contribution in [0, 0.1) is 5.41 Å². The Labute approximate surface area is 132 Å². The summed E-state index contributed by atoms with van der Waals surface area (Å²) in [5.74, 6) is 0. The summed E-state index contributed by atoms with van der Waals surface area (Å²) in [6.07, 6.45) is 8.09. The highest BCUT2D eigenvalue weighted by atomic mass is 16.3. The monoisotopic (exact) mass is 298 g/mol. The summed E-state index contributed by atoms with van der Waals surface area (Å²) >= 11 is 0. The van der Waals surface area contributed by atoms with E-state index in [0.717, 1.165) is 19.6 Å². The van der Waals surface area contributed by atoms with Crippen LogP contribution in [0.3, 0.4) is 0 Å². The minimum Gasteiger partial charge on any atom is -0.389 e. The molecule has 0 heterocycles. The Kier molecular flexibility index (Phi) is 6.70. The van der Waals surface area contributed by atoms with Gasteiger partial charge in [-0.15, -0.1) is 0 Å². The molecule has 0 bridgehead atoms. The molecule has 1 aliphatic rings. The van der Waals surface area contributed by atoms with Crippen LogP contribution < -0.4 is 5.32 Å². The molecule has 126 valence electrons. The first-order valence-electron chi connectivity index (χ1n) is 8.67. The Morgan fingerprint density at radius 3 is 1.95 bits per heavy atom. The summed E-state index contributed by atoms with van der Waals surface area (Å²) in [7, 11) is 2.15. The van der Waals surface area contributed by atoms with Crippen molar-refractivity contribution in [3.63, 3.8) is 0 Å². The first-order chi connectivity index (χ1) is 9.52. The SMILES string of the molecule is CN(CC(C)(C)O)CC1(CNC(C)(C)C)CCCCCC1. The van der Waals surface area contributed by atoms with Gasteiger partial charge in [-0.3, -0.25) is 0 Å². The van der Waals surface area contributed by atoms with Gasteiger partial charge in [-0.05, 0) is 59.9 Å². The summed E-state index contributed by atoms with van der Waals surface area (Å²) in [5.41, 5.74) is -0.0734. The fraction of sp³-hybridized carbons (Fsp3) is 1.00. The molecule has 0 spiro atoms. The highest BCUT2D eigenvalue weighted by Gasteiger charge is 2.34. The molecular formula is C18H38N2O. The Hall–Kier alpha value is -0.120. The Bertz CT molecular complexity index is 293. The molecule has 0 saturated heterocycles. The van der Waals surface area contributed by atoms with Crippen LogP contribution in [0.1, 0.15) is 73.1 Å². The standard InChI is InChI=1S/C18H38N2O/c1-16(2,3)19-13-18(11-9-7-8-10-12-18)15-20(6)14-17(4,5)21/h19,21H,7-15H2,1-6H3. The minimum absolute atomic E-state index is 0.175. The van der Waals surface area contributed by atoms with Crippen molar-refractivity contribution >= 4 is 0 Å². The minimum atomic E-state index is -0.613. The summed E-state index contributed by atoms with van der Waals surface area (Å²) in [5, 5.41) is 13.8. The molecular weight excluding hydrogens is 260 g/mol. The van der Waals surface area contributed by atoms with Crippen molar-refractivity contribution < 1.29 is 5.11 Å². The van der Waals surface area contributed by atoms with Crippen LogP contribution in [0.2, 0.25) is 0 Å². The molecule has 0 amide bonds. The Morgan fingerprint density at radius 2 is 1.52 bits per heavy atom. The molecule has 0 aromatic rings. The molecule has 0 atom stereocenters. The van der Waals surface area contributed by atoms with Gasteiger partial charge in [0.1, 0.15) is 0 Å². The van der Waals surface area contributed by atoms with E-state index in [2.05, 4.69) is 38.0 Å². The van der Waals surface area contributed by atoms with Crippen molar-refractivity contribution in [2.24, 2.45) is 5.41 Å². The van der Waals surface area contributed by atoms with Gasteiger partial charge in [-0.25, -0.2) is 0 Å². The molecule has 21 heavy (non-hydrogen) atoms. The second kappa shape index (κ2) is 7.43. The smallest absolute Gasteiger partial charge is 0.0718 e. The molecule has 1 fully saturated rings. The zero-order valence-electron chi connectivity index (χ0n) is 15.3.